The fourth-order valence-corrected chi connectivity index (χ4v) is 7.46. The van der Waals surface area contributed by atoms with Crippen LogP contribution in [0.4, 0.5) is 0 Å². The minimum absolute atomic E-state index is 0.694. The molecule has 0 aliphatic rings. The summed E-state index contributed by atoms with van der Waals surface area (Å²) in [6.07, 6.45) is 0. The van der Waals surface area contributed by atoms with E-state index >= 15 is 0 Å². The van der Waals surface area contributed by atoms with Crippen LogP contribution in [0.2, 0.25) is 0 Å². The standard InChI is InChI=1S/C54H36N4/c1-5-15-38(16-6-1)49-35-50(39-17-7-2-8-18-39)56-53(55-49)46-25-13-23-42(31-46)44-29-27-37-28-30-45(34-48(37)33-44)43-24-14-26-47(32-43)54-57-51(40-19-9-3-10-20-40)36-52(58-54)41-21-11-4-12-22-41/h1-36H. The average molecular weight is 741 g/mol. The lowest BCUT2D eigenvalue weighted by Crippen LogP contribution is -1.96. The van der Waals surface area contributed by atoms with Gasteiger partial charge in [0, 0.05) is 33.4 Å². The van der Waals surface area contributed by atoms with Crippen LogP contribution in [0.15, 0.2) is 218 Å². The number of rotatable bonds is 8. The molecule has 2 heterocycles. The van der Waals surface area contributed by atoms with Gasteiger partial charge in [-0.3, -0.25) is 0 Å². The van der Waals surface area contributed by atoms with Gasteiger partial charge in [0.2, 0.25) is 0 Å². The van der Waals surface area contributed by atoms with E-state index in [1.807, 2.05) is 72.8 Å². The summed E-state index contributed by atoms with van der Waals surface area (Å²) in [5.41, 5.74) is 14.2. The maximum atomic E-state index is 5.08. The van der Waals surface area contributed by atoms with E-state index in [9.17, 15) is 0 Å². The number of fused-ring (bicyclic) bond motifs is 1. The van der Waals surface area contributed by atoms with Gasteiger partial charge in [0.1, 0.15) is 0 Å². The van der Waals surface area contributed by atoms with Gasteiger partial charge in [-0.05, 0) is 69.4 Å². The molecule has 0 spiro atoms. The highest BCUT2D eigenvalue weighted by atomic mass is 14.9. The number of hydrogen-bond acceptors (Lipinski definition) is 4. The molecule has 0 atom stereocenters. The first-order valence-electron chi connectivity index (χ1n) is 19.5. The van der Waals surface area contributed by atoms with Crippen molar-refractivity contribution < 1.29 is 0 Å². The lowest BCUT2D eigenvalue weighted by Gasteiger charge is -2.12. The first kappa shape index (κ1) is 34.7. The van der Waals surface area contributed by atoms with Crippen molar-refractivity contribution in [3.05, 3.63) is 218 Å². The fraction of sp³-hybridized carbons (Fsp3) is 0. The first-order chi connectivity index (χ1) is 28.7. The van der Waals surface area contributed by atoms with Gasteiger partial charge in [-0.25, -0.2) is 19.9 Å². The summed E-state index contributed by atoms with van der Waals surface area (Å²) in [6, 6.07) is 75.8. The maximum absolute atomic E-state index is 5.08. The number of benzene rings is 8. The zero-order valence-corrected chi connectivity index (χ0v) is 31.6. The molecule has 0 saturated heterocycles. The van der Waals surface area contributed by atoms with E-state index in [-0.39, 0.29) is 0 Å². The summed E-state index contributed by atoms with van der Waals surface area (Å²) in [5.74, 6) is 1.39. The molecule has 8 aromatic carbocycles. The molecule has 4 heteroatoms. The smallest absolute Gasteiger partial charge is 0.160 e. The predicted octanol–water partition coefficient (Wildman–Crippen LogP) is 13.8. The van der Waals surface area contributed by atoms with Crippen molar-refractivity contribution >= 4 is 10.8 Å². The van der Waals surface area contributed by atoms with E-state index in [4.69, 9.17) is 19.9 Å². The van der Waals surface area contributed by atoms with Crippen LogP contribution in [0.25, 0.3) is 101 Å². The molecule has 0 N–H and O–H groups in total. The van der Waals surface area contributed by atoms with Crippen molar-refractivity contribution in [1.29, 1.82) is 0 Å². The Morgan fingerprint density at radius 3 is 0.828 bits per heavy atom. The zero-order chi connectivity index (χ0) is 38.7. The molecule has 2 aromatic heterocycles. The van der Waals surface area contributed by atoms with E-state index in [2.05, 4.69) is 146 Å². The molecular formula is C54H36N4. The molecular weight excluding hydrogens is 705 g/mol. The molecule has 10 rings (SSSR count). The fourth-order valence-electron chi connectivity index (χ4n) is 7.46. The molecule has 0 fully saturated rings. The SMILES string of the molecule is c1ccc(-c2cc(-c3ccccc3)nc(-c3cccc(-c4ccc5ccc(-c6cccc(-c7nc(-c8ccccc8)cc(-c8ccccc8)n7)c6)cc5c4)c3)n2)cc1. The minimum Gasteiger partial charge on any atom is -0.228 e. The molecule has 0 radical (unpaired) electrons. The number of aromatic nitrogens is 4. The summed E-state index contributed by atoms with van der Waals surface area (Å²) < 4.78 is 0. The first-order valence-corrected chi connectivity index (χ1v) is 19.5. The second-order valence-electron chi connectivity index (χ2n) is 14.3. The molecule has 4 nitrogen and oxygen atoms in total. The molecule has 0 amide bonds. The van der Waals surface area contributed by atoms with Gasteiger partial charge in [-0.1, -0.05) is 182 Å². The van der Waals surface area contributed by atoms with Crippen LogP contribution in [-0.2, 0) is 0 Å². The van der Waals surface area contributed by atoms with E-state index in [1.165, 1.54) is 5.39 Å². The van der Waals surface area contributed by atoms with Gasteiger partial charge >= 0.3 is 0 Å². The number of nitrogens with zero attached hydrogens (tertiary/aromatic N) is 4. The van der Waals surface area contributed by atoms with Crippen molar-refractivity contribution in [1.82, 2.24) is 19.9 Å². The lowest BCUT2D eigenvalue weighted by molar-refractivity contribution is 1.18. The van der Waals surface area contributed by atoms with E-state index in [0.717, 1.165) is 83.8 Å². The Balaban J connectivity index is 1.00. The summed E-state index contributed by atoms with van der Waals surface area (Å²) in [7, 11) is 0. The summed E-state index contributed by atoms with van der Waals surface area (Å²) in [4.78, 5) is 20.3. The Morgan fingerprint density at radius 1 is 0.190 bits per heavy atom. The molecule has 10 aromatic rings. The topological polar surface area (TPSA) is 51.6 Å². The van der Waals surface area contributed by atoms with Gasteiger partial charge in [0.25, 0.3) is 0 Å². The molecule has 0 aliphatic heterocycles. The largest absolute Gasteiger partial charge is 0.228 e. The molecule has 272 valence electrons. The Morgan fingerprint density at radius 2 is 0.483 bits per heavy atom. The Bertz CT molecular complexity index is 2720. The van der Waals surface area contributed by atoms with Crippen molar-refractivity contribution in [2.24, 2.45) is 0 Å². The van der Waals surface area contributed by atoms with Crippen molar-refractivity contribution in [2.75, 3.05) is 0 Å². The monoisotopic (exact) mass is 740 g/mol. The third-order valence-electron chi connectivity index (χ3n) is 10.5. The van der Waals surface area contributed by atoms with Crippen molar-refractivity contribution in [3.63, 3.8) is 0 Å². The molecule has 58 heavy (non-hydrogen) atoms. The van der Waals surface area contributed by atoms with E-state index in [0.29, 0.717) is 11.6 Å². The second-order valence-corrected chi connectivity index (χ2v) is 14.3. The third kappa shape index (κ3) is 7.18. The molecule has 0 aliphatic carbocycles. The Labute approximate surface area is 337 Å². The lowest BCUT2D eigenvalue weighted by atomic mass is 9.96. The number of hydrogen-bond donors (Lipinski definition) is 0. The zero-order valence-electron chi connectivity index (χ0n) is 31.6. The predicted molar refractivity (Wildman–Crippen MR) is 239 cm³/mol. The molecule has 0 saturated carbocycles. The van der Waals surface area contributed by atoms with Crippen LogP contribution < -0.4 is 0 Å². The van der Waals surface area contributed by atoms with Gasteiger partial charge in [0.05, 0.1) is 22.8 Å². The van der Waals surface area contributed by atoms with Gasteiger partial charge in [-0.2, -0.15) is 0 Å². The van der Waals surface area contributed by atoms with E-state index < -0.39 is 0 Å². The van der Waals surface area contributed by atoms with Gasteiger partial charge < -0.3 is 0 Å². The van der Waals surface area contributed by atoms with Crippen molar-refractivity contribution in [3.8, 4) is 90.1 Å². The minimum atomic E-state index is 0.694. The van der Waals surface area contributed by atoms with Crippen LogP contribution in [0, 0.1) is 0 Å². The highest BCUT2D eigenvalue weighted by molar-refractivity contribution is 5.92. The van der Waals surface area contributed by atoms with Crippen LogP contribution in [-0.4, -0.2) is 19.9 Å². The Hall–Kier alpha value is -7.82. The summed E-state index contributed by atoms with van der Waals surface area (Å²) in [6.45, 7) is 0. The third-order valence-corrected chi connectivity index (χ3v) is 10.5. The van der Waals surface area contributed by atoms with Crippen LogP contribution in [0.3, 0.4) is 0 Å². The van der Waals surface area contributed by atoms with Crippen LogP contribution in [0.5, 0.6) is 0 Å². The quantitative estimate of drug-likeness (QED) is 0.156. The maximum Gasteiger partial charge on any atom is 0.160 e. The molecule has 0 unspecified atom stereocenters. The average Bonchev–Trinajstić information content (AvgIpc) is 3.32. The summed E-state index contributed by atoms with van der Waals surface area (Å²) >= 11 is 0. The van der Waals surface area contributed by atoms with Crippen molar-refractivity contribution in [2.45, 2.75) is 0 Å². The van der Waals surface area contributed by atoms with Gasteiger partial charge in [-0.15, -0.1) is 0 Å². The molecule has 0 bridgehead atoms. The highest BCUT2D eigenvalue weighted by Gasteiger charge is 2.14. The normalized spacial score (nSPS) is 11.1. The highest BCUT2D eigenvalue weighted by Crippen LogP contribution is 2.34. The second kappa shape index (κ2) is 15.4. The van der Waals surface area contributed by atoms with Gasteiger partial charge in [0.15, 0.2) is 11.6 Å². The summed E-state index contributed by atoms with van der Waals surface area (Å²) in [5, 5.41) is 2.34. The van der Waals surface area contributed by atoms with Crippen LogP contribution in [0.1, 0.15) is 0 Å². The Kier molecular flexibility index (Phi) is 9.18. The van der Waals surface area contributed by atoms with Crippen LogP contribution >= 0.6 is 0 Å². The van der Waals surface area contributed by atoms with E-state index in [1.54, 1.807) is 0 Å².